The Kier molecular flexibility index (Phi) is 6.39. The maximum atomic E-state index is 8.89. The van der Waals surface area contributed by atoms with Crippen LogP contribution in [0.4, 0.5) is 4.70 Å². The van der Waals surface area contributed by atoms with E-state index in [0.717, 1.165) is 0 Å². The summed E-state index contributed by atoms with van der Waals surface area (Å²) in [6.45, 7) is 0. The van der Waals surface area contributed by atoms with Crippen LogP contribution in [0.2, 0.25) is 0 Å². The SMILES string of the molecule is C=S(=O)=O.F. The molecule has 0 aromatic heterocycles. The number of halogens is 1. The van der Waals surface area contributed by atoms with Crippen LogP contribution in [0.5, 0.6) is 0 Å². The zero-order valence-electron chi connectivity index (χ0n) is 2.34. The van der Waals surface area contributed by atoms with Gasteiger partial charge in [0.25, 0.3) is 0 Å². The first-order valence-corrected chi connectivity index (χ1v) is 1.87. The smallest absolute Gasteiger partial charge is 0.206 e. The normalized spacial score (nSPS) is 4.80. The van der Waals surface area contributed by atoms with Gasteiger partial charge in [-0.25, -0.2) is 0 Å². The maximum Gasteiger partial charge on any atom is 0.206 e. The maximum absolute atomic E-state index is 8.89. The van der Waals surface area contributed by atoms with E-state index in [1.54, 1.807) is 0 Å². The van der Waals surface area contributed by atoms with Gasteiger partial charge in [0, 0.05) is 5.87 Å². The second-order valence-corrected chi connectivity index (χ2v) is 0.911. The van der Waals surface area contributed by atoms with Crippen molar-refractivity contribution in [2.45, 2.75) is 0 Å². The van der Waals surface area contributed by atoms with Gasteiger partial charge >= 0.3 is 0 Å². The largest absolute Gasteiger partial charge is 0.269 e. The summed E-state index contributed by atoms with van der Waals surface area (Å²) in [6.07, 6.45) is 0. The Labute approximate surface area is 30.3 Å². The summed E-state index contributed by atoms with van der Waals surface area (Å²) in [4.78, 5) is 0. The molecule has 0 saturated carbocycles. The molecule has 0 N–H and O–H groups in total. The molecule has 0 aliphatic heterocycles. The van der Waals surface area contributed by atoms with Crippen molar-refractivity contribution >= 4 is 16.2 Å². The standard InChI is InChI=1S/CH2O2S.FH/c1-4(2)3;/h1H2;1H. The molecule has 0 unspecified atom stereocenters. The highest BCUT2D eigenvalue weighted by Crippen LogP contribution is 1.08. The number of hydrogen-bond donors (Lipinski definition) is 0. The van der Waals surface area contributed by atoms with Gasteiger partial charge in [-0.05, 0) is 0 Å². The van der Waals surface area contributed by atoms with Crippen LogP contribution >= 0.6 is 0 Å². The summed E-state index contributed by atoms with van der Waals surface area (Å²) >= 11 is 0. The monoisotopic (exact) mass is 98.0 g/mol. The molecule has 0 aliphatic rings. The molecule has 0 atom stereocenters. The first kappa shape index (κ1) is 8.82. The summed E-state index contributed by atoms with van der Waals surface area (Å²) in [5.41, 5.74) is 0. The Morgan fingerprint density at radius 3 is 1.40 bits per heavy atom. The highest BCUT2D eigenvalue weighted by molar-refractivity contribution is 7.70. The molecule has 0 radical (unpaired) electrons. The average Bonchev–Trinajstić information content (AvgIpc) is 0.811. The van der Waals surface area contributed by atoms with Crippen LogP contribution in [0.25, 0.3) is 0 Å². The van der Waals surface area contributed by atoms with Crippen molar-refractivity contribution in [3.05, 3.63) is 0 Å². The molecule has 0 rings (SSSR count). The van der Waals surface area contributed by atoms with Crippen molar-refractivity contribution in [1.82, 2.24) is 0 Å². The van der Waals surface area contributed by atoms with E-state index < -0.39 is 10.3 Å². The van der Waals surface area contributed by atoms with Crippen LogP contribution in [0, 0.1) is 0 Å². The van der Waals surface area contributed by atoms with Gasteiger partial charge in [-0.15, -0.1) is 0 Å². The molecule has 5 heavy (non-hydrogen) atoms. The van der Waals surface area contributed by atoms with E-state index in [4.69, 9.17) is 8.42 Å². The first-order chi connectivity index (χ1) is 1.73. The third-order valence-electron chi connectivity index (χ3n) is 0. The van der Waals surface area contributed by atoms with E-state index in [1.165, 1.54) is 0 Å². The van der Waals surface area contributed by atoms with Gasteiger partial charge in [0.1, 0.15) is 0 Å². The van der Waals surface area contributed by atoms with Gasteiger partial charge in [0.2, 0.25) is 10.3 Å². The number of rotatable bonds is 0. The predicted octanol–water partition coefficient (Wildman–Crippen LogP) is -0.550. The van der Waals surface area contributed by atoms with E-state index in [1.807, 2.05) is 0 Å². The summed E-state index contributed by atoms with van der Waals surface area (Å²) in [5, 5.41) is 0. The minimum atomic E-state index is -2.11. The molecule has 0 spiro atoms. The lowest BCUT2D eigenvalue weighted by Crippen LogP contribution is -1.39. The Hall–Kier alpha value is -0.380. The average molecular weight is 98.1 g/mol. The minimum Gasteiger partial charge on any atom is -0.269 e. The van der Waals surface area contributed by atoms with Crippen molar-refractivity contribution in [3.63, 3.8) is 0 Å². The van der Waals surface area contributed by atoms with Crippen LogP contribution in [0.3, 0.4) is 0 Å². The van der Waals surface area contributed by atoms with Crippen molar-refractivity contribution < 1.29 is 13.1 Å². The van der Waals surface area contributed by atoms with Crippen LogP contribution in [-0.4, -0.2) is 14.3 Å². The van der Waals surface area contributed by atoms with Gasteiger partial charge < -0.3 is 0 Å². The molecule has 0 amide bonds. The molecule has 32 valence electrons. The quantitative estimate of drug-likeness (QED) is 0.381. The summed E-state index contributed by atoms with van der Waals surface area (Å²) in [7, 11) is -2.11. The summed E-state index contributed by atoms with van der Waals surface area (Å²) in [6, 6.07) is 0. The third kappa shape index (κ3) is 65.8. The predicted molar refractivity (Wildman–Crippen MR) is 18.5 cm³/mol. The molecule has 4 heteroatoms. The Morgan fingerprint density at radius 2 is 1.40 bits per heavy atom. The lowest BCUT2D eigenvalue weighted by Gasteiger charge is -1.19. The van der Waals surface area contributed by atoms with E-state index >= 15 is 0 Å². The lowest BCUT2D eigenvalue weighted by molar-refractivity contribution is 0.627. The van der Waals surface area contributed by atoms with Gasteiger partial charge in [-0.1, -0.05) is 0 Å². The van der Waals surface area contributed by atoms with Gasteiger partial charge in [0.05, 0.1) is 0 Å². The molecular weight excluding hydrogens is 95.1 g/mol. The van der Waals surface area contributed by atoms with Crippen molar-refractivity contribution in [1.29, 1.82) is 0 Å². The molecule has 0 aromatic rings. The minimum absolute atomic E-state index is 0. The molecule has 0 fully saturated rings. The Morgan fingerprint density at radius 1 is 1.40 bits per heavy atom. The molecule has 0 aromatic carbocycles. The zero-order valence-corrected chi connectivity index (χ0v) is 3.16. The van der Waals surface area contributed by atoms with Crippen LogP contribution in [-0.2, 0) is 10.3 Å². The fourth-order valence-electron chi connectivity index (χ4n) is 0. The fourth-order valence-corrected chi connectivity index (χ4v) is 0. The third-order valence-corrected chi connectivity index (χ3v) is 0. The fraction of sp³-hybridized carbons (Fsp3) is 0. The topological polar surface area (TPSA) is 34.1 Å². The van der Waals surface area contributed by atoms with Crippen molar-refractivity contribution in [2.24, 2.45) is 0 Å². The van der Waals surface area contributed by atoms with Crippen molar-refractivity contribution in [2.75, 3.05) is 0 Å². The van der Waals surface area contributed by atoms with E-state index in [2.05, 4.69) is 5.87 Å². The van der Waals surface area contributed by atoms with Crippen LogP contribution in [0.1, 0.15) is 0 Å². The zero-order chi connectivity index (χ0) is 3.58. The lowest BCUT2D eigenvalue weighted by atomic mass is 12.0. The second-order valence-electron chi connectivity index (χ2n) is 0.304. The van der Waals surface area contributed by atoms with E-state index in [0.29, 0.717) is 0 Å². The van der Waals surface area contributed by atoms with Gasteiger partial charge in [-0.3, -0.25) is 4.70 Å². The molecule has 0 heterocycles. The number of hydrogen-bond acceptors (Lipinski definition) is 2. The van der Waals surface area contributed by atoms with Gasteiger partial charge in [0.15, 0.2) is 0 Å². The van der Waals surface area contributed by atoms with Crippen LogP contribution < -0.4 is 0 Å². The first-order valence-electron chi connectivity index (χ1n) is 0.622. The highest BCUT2D eigenvalue weighted by atomic mass is 32.2. The highest BCUT2D eigenvalue weighted by Gasteiger charge is 1.28. The molecular formula is CH3FO2S. The molecule has 0 aliphatic carbocycles. The second kappa shape index (κ2) is 3.62. The molecule has 0 saturated heterocycles. The summed E-state index contributed by atoms with van der Waals surface area (Å²) < 4.78 is 17.8. The molecule has 2 nitrogen and oxygen atoms in total. The van der Waals surface area contributed by atoms with Crippen molar-refractivity contribution in [3.8, 4) is 0 Å². The van der Waals surface area contributed by atoms with E-state index in [-0.39, 0.29) is 4.70 Å². The van der Waals surface area contributed by atoms with Gasteiger partial charge in [-0.2, -0.15) is 8.42 Å². The Bertz CT molecular complexity index is 79.0. The summed E-state index contributed by atoms with van der Waals surface area (Å²) in [5.74, 6) is 2.56. The Balaban J connectivity index is 0. The van der Waals surface area contributed by atoms with E-state index in [9.17, 15) is 0 Å². The van der Waals surface area contributed by atoms with Crippen LogP contribution in [0.15, 0.2) is 0 Å². The molecule has 0 bridgehead atoms.